The maximum Gasteiger partial charge on any atom is 0.167 e. The van der Waals surface area contributed by atoms with E-state index in [1.165, 1.54) is 31.2 Å². The third kappa shape index (κ3) is 4.37. The van der Waals surface area contributed by atoms with Gasteiger partial charge in [-0.25, -0.2) is 8.78 Å². The second-order valence-electron chi connectivity index (χ2n) is 10.3. The van der Waals surface area contributed by atoms with Crippen molar-refractivity contribution in [2.24, 2.45) is 17.8 Å². The minimum absolute atomic E-state index is 0.0709. The predicted octanol–water partition coefficient (Wildman–Crippen LogP) is 9.04. The average Bonchev–Trinajstić information content (AvgIpc) is 2.81. The van der Waals surface area contributed by atoms with E-state index in [9.17, 15) is 8.78 Å². The number of hydrogen-bond donors (Lipinski definition) is 0. The highest BCUT2D eigenvalue weighted by Crippen LogP contribution is 2.44. The summed E-state index contributed by atoms with van der Waals surface area (Å²) in [6, 6.07) is 20.6. The van der Waals surface area contributed by atoms with E-state index >= 15 is 0 Å². The van der Waals surface area contributed by atoms with Crippen molar-refractivity contribution < 1.29 is 8.78 Å². The van der Waals surface area contributed by atoms with E-state index in [0.717, 1.165) is 11.8 Å². The first-order chi connectivity index (χ1) is 15.3. The maximum absolute atomic E-state index is 15.0. The molecule has 0 radical (unpaired) electrons. The van der Waals surface area contributed by atoms with Crippen LogP contribution in [0.3, 0.4) is 0 Å². The Morgan fingerprint density at radius 1 is 0.688 bits per heavy atom. The van der Waals surface area contributed by atoms with Crippen LogP contribution in [0.4, 0.5) is 8.78 Å². The predicted molar refractivity (Wildman–Crippen MR) is 131 cm³/mol. The Morgan fingerprint density at radius 2 is 1.19 bits per heavy atom. The molecule has 1 aliphatic carbocycles. The summed E-state index contributed by atoms with van der Waals surface area (Å²) in [5, 5.41) is 0. The van der Waals surface area contributed by atoms with Gasteiger partial charge in [-0.3, -0.25) is 0 Å². The number of benzene rings is 3. The van der Waals surface area contributed by atoms with Crippen molar-refractivity contribution >= 4 is 0 Å². The van der Waals surface area contributed by atoms with Gasteiger partial charge >= 0.3 is 0 Å². The minimum Gasteiger partial charge on any atom is -0.203 e. The highest BCUT2D eigenvalue weighted by atomic mass is 19.2. The Kier molecular flexibility index (Phi) is 6.51. The molecule has 1 fully saturated rings. The highest BCUT2D eigenvalue weighted by Gasteiger charge is 2.35. The van der Waals surface area contributed by atoms with E-state index in [1.54, 1.807) is 24.3 Å². The van der Waals surface area contributed by atoms with Crippen LogP contribution in [0.2, 0.25) is 0 Å². The van der Waals surface area contributed by atoms with Crippen molar-refractivity contribution in [2.75, 3.05) is 0 Å². The van der Waals surface area contributed by atoms with Crippen LogP contribution in [0.5, 0.6) is 0 Å². The number of hydrogen-bond acceptors (Lipinski definition) is 0. The standard InChI is InChI=1S/C30H34F2/c1-20(2)21-10-14-24(15-11-21)30(3,4)25-16-12-23(13-17-25)27-19-18-26(28(31)29(27)32)22-8-6-5-7-9-22/h5-9,12-13,16-21,24H,10-11,14-15H2,1-4H3. The van der Waals surface area contributed by atoms with Crippen LogP contribution < -0.4 is 0 Å². The Morgan fingerprint density at radius 3 is 1.69 bits per heavy atom. The largest absolute Gasteiger partial charge is 0.203 e. The Hall–Kier alpha value is -2.48. The van der Waals surface area contributed by atoms with Gasteiger partial charge in [-0.2, -0.15) is 0 Å². The van der Waals surface area contributed by atoms with Crippen molar-refractivity contribution in [3.05, 3.63) is 83.9 Å². The van der Waals surface area contributed by atoms with E-state index < -0.39 is 11.6 Å². The van der Waals surface area contributed by atoms with Crippen LogP contribution in [0, 0.1) is 29.4 Å². The third-order valence-electron chi connectivity index (χ3n) is 7.84. The van der Waals surface area contributed by atoms with Gasteiger partial charge in [0.15, 0.2) is 11.6 Å². The lowest BCUT2D eigenvalue weighted by Crippen LogP contribution is -2.33. The molecule has 0 amide bonds. The summed E-state index contributed by atoms with van der Waals surface area (Å²) in [6.45, 7) is 9.33. The van der Waals surface area contributed by atoms with Crippen molar-refractivity contribution in [3.63, 3.8) is 0 Å². The van der Waals surface area contributed by atoms with Crippen molar-refractivity contribution in [1.82, 2.24) is 0 Å². The van der Waals surface area contributed by atoms with Crippen LogP contribution in [-0.2, 0) is 5.41 Å². The Labute approximate surface area is 191 Å². The smallest absolute Gasteiger partial charge is 0.167 e. The van der Waals surface area contributed by atoms with Gasteiger partial charge in [0.25, 0.3) is 0 Å². The normalized spacial score (nSPS) is 19.3. The van der Waals surface area contributed by atoms with Gasteiger partial charge in [0, 0.05) is 11.1 Å². The summed E-state index contributed by atoms with van der Waals surface area (Å²) in [6.07, 6.45) is 5.14. The molecule has 32 heavy (non-hydrogen) atoms. The van der Waals surface area contributed by atoms with E-state index in [4.69, 9.17) is 0 Å². The molecule has 1 aliphatic rings. The van der Waals surface area contributed by atoms with Crippen molar-refractivity contribution in [2.45, 2.75) is 58.8 Å². The molecule has 0 atom stereocenters. The lowest BCUT2D eigenvalue weighted by atomic mass is 9.64. The molecule has 3 aromatic carbocycles. The molecule has 168 valence electrons. The quantitative estimate of drug-likeness (QED) is 0.377. The molecule has 1 saturated carbocycles. The zero-order valence-electron chi connectivity index (χ0n) is 19.7. The molecule has 4 rings (SSSR count). The van der Waals surface area contributed by atoms with Crippen LogP contribution in [0.1, 0.15) is 58.9 Å². The van der Waals surface area contributed by atoms with Gasteiger partial charge in [-0.05, 0) is 65.5 Å². The van der Waals surface area contributed by atoms with Gasteiger partial charge in [0.05, 0.1) is 0 Å². The SMILES string of the molecule is CC(C)C1CCC(C(C)(C)c2ccc(-c3ccc(-c4ccccc4)c(F)c3F)cc2)CC1. The van der Waals surface area contributed by atoms with Crippen LogP contribution in [0.25, 0.3) is 22.3 Å². The number of halogens is 2. The Balaban J connectivity index is 1.56. The van der Waals surface area contributed by atoms with Gasteiger partial charge in [-0.1, -0.05) is 94.4 Å². The molecular weight excluding hydrogens is 398 g/mol. The summed E-state index contributed by atoms with van der Waals surface area (Å²) < 4.78 is 29.8. The van der Waals surface area contributed by atoms with E-state index in [1.807, 2.05) is 30.3 Å². The van der Waals surface area contributed by atoms with Gasteiger partial charge in [0.1, 0.15) is 0 Å². The fourth-order valence-corrected chi connectivity index (χ4v) is 5.44. The molecule has 3 aromatic rings. The number of rotatable bonds is 5. The summed E-state index contributed by atoms with van der Waals surface area (Å²) >= 11 is 0. The second-order valence-corrected chi connectivity index (χ2v) is 10.3. The zero-order valence-corrected chi connectivity index (χ0v) is 19.7. The van der Waals surface area contributed by atoms with Gasteiger partial charge < -0.3 is 0 Å². The lowest BCUT2D eigenvalue weighted by Gasteiger charge is -2.40. The molecular formula is C30H34F2. The molecule has 0 unspecified atom stereocenters. The van der Waals surface area contributed by atoms with Crippen LogP contribution >= 0.6 is 0 Å². The molecule has 0 N–H and O–H groups in total. The van der Waals surface area contributed by atoms with E-state index in [2.05, 4.69) is 39.8 Å². The molecule has 0 bridgehead atoms. The molecule has 0 heterocycles. The summed E-state index contributed by atoms with van der Waals surface area (Å²) in [5.74, 6) is 0.691. The fourth-order valence-electron chi connectivity index (χ4n) is 5.44. The topological polar surface area (TPSA) is 0 Å². The first-order valence-corrected chi connectivity index (χ1v) is 11.9. The molecule has 0 aliphatic heterocycles. The summed E-state index contributed by atoms with van der Waals surface area (Å²) in [5.41, 5.74) is 3.34. The lowest BCUT2D eigenvalue weighted by molar-refractivity contribution is 0.167. The molecule has 0 nitrogen and oxygen atoms in total. The summed E-state index contributed by atoms with van der Waals surface area (Å²) in [4.78, 5) is 0. The zero-order chi connectivity index (χ0) is 22.9. The van der Waals surface area contributed by atoms with Crippen molar-refractivity contribution in [1.29, 1.82) is 0 Å². The summed E-state index contributed by atoms with van der Waals surface area (Å²) in [7, 11) is 0. The van der Waals surface area contributed by atoms with Crippen molar-refractivity contribution in [3.8, 4) is 22.3 Å². The first kappa shape index (κ1) is 22.7. The molecule has 0 saturated heterocycles. The van der Waals surface area contributed by atoms with Gasteiger partial charge in [0.2, 0.25) is 0 Å². The fraction of sp³-hybridized carbons (Fsp3) is 0.400. The highest BCUT2D eigenvalue weighted by molar-refractivity contribution is 5.72. The second kappa shape index (κ2) is 9.17. The van der Waals surface area contributed by atoms with E-state index in [-0.39, 0.29) is 5.41 Å². The van der Waals surface area contributed by atoms with Crippen LogP contribution in [-0.4, -0.2) is 0 Å². The minimum atomic E-state index is -0.792. The third-order valence-corrected chi connectivity index (χ3v) is 7.84. The maximum atomic E-state index is 15.0. The molecule has 2 heteroatoms. The molecule has 0 spiro atoms. The monoisotopic (exact) mass is 432 g/mol. The average molecular weight is 433 g/mol. The first-order valence-electron chi connectivity index (χ1n) is 11.9. The van der Waals surface area contributed by atoms with Crippen LogP contribution in [0.15, 0.2) is 66.7 Å². The van der Waals surface area contributed by atoms with E-state index in [0.29, 0.717) is 28.2 Å². The van der Waals surface area contributed by atoms with Gasteiger partial charge in [-0.15, -0.1) is 0 Å². The molecule has 0 aromatic heterocycles. The Bertz CT molecular complexity index is 1040.